The molecule has 1 aliphatic rings. The van der Waals surface area contributed by atoms with Crippen molar-refractivity contribution in [2.45, 2.75) is 36.2 Å². The third-order valence-corrected chi connectivity index (χ3v) is 5.32. The van der Waals surface area contributed by atoms with Crippen LogP contribution >= 0.6 is 23.1 Å². The zero-order valence-corrected chi connectivity index (χ0v) is 13.6. The average molecular weight is 336 g/mol. The normalized spacial score (nSPS) is 15.5. The fourth-order valence-corrected chi connectivity index (χ4v) is 3.78. The molecule has 0 radical (unpaired) electrons. The Kier molecular flexibility index (Phi) is 4.21. The third-order valence-electron chi connectivity index (χ3n) is 3.39. The molecule has 8 heteroatoms. The van der Waals surface area contributed by atoms with E-state index in [1.807, 2.05) is 13.1 Å². The van der Waals surface area contributed by atoms with Crippen LogP contribution in [0.3, 0.4) is 0 Å². The number of nitrogens with two attached hydrogens (primary N) is 1. The molecular weight excluding hydrogens is 320 g/mol. The van der Waals surface area contributed by atoms with Crippen molar-refractivity contribution < 1.29 is 9.59 Å². The lowest BCUT2D eigenvalue weighted by Crippen LogP contribution is -2.24. The molecule has 0 bridgehead atoms. The fourth-order valence-electron chi connectivity index (χ4n) is 2.05. The van der Waals surface area contributed by atoms with E-state index in [1.165, 1.54) is 35.9 Å². The van der Waals surface area contributed by atoms with Gasteiger partial charge in [0.15, 0.2) is 5.16 Å². The summed E-state index contributed by atoms with van der Waals surface area (Å²) in [7, 11) is 0. The largest absolute Gasteiger partial charge is 0.366 e. The van der Waals surface area contributed by atoms with E-state index < -0.39 is 5.91 Å². The van der Waals surface area contributed by atoms with Crippen LogP contribution in [0.2, 0.25) is 0 Å². The lowest BCUT2D eigenvalue weighted by atomic mass is 10.3. The first-order valence-corrected chi connectivity index (χ1v) is 8.70. The van der Waals surface area contributed by atoms with Gasteiger partial charge in [-0.25, -0.2) is 4.98 Å². The van der Waals surface area contributed by atoms with Gasteiger partial charge >= 0.3 is 0 Å². The number of thiophene rings is 1. The van der Waals surface area contributed by atoms with E-state index in [9.17, 15) is 9.59 Å². The van der Waals surface area contributed by atoms with Crippen LogP contribution in [0.4, 0.5) is 5.00 Å². The van der Waals surface area contributed by atoms with Crippen LogP contribution in [0, 0.1) is 0 Å². The summed E-state index contributed by atoms with van der Waals surface area (Å²) < 4.78 is 2.12. The molecule has 0 aromatic carbocycles. The SMILES string of the molecule is C[C@@H](Sc1nccn1C1CC1)C(=O)Nc1sccc1C(N)=O. The second kappa shape index (κ2) is 6.13. The maximum absolute atomic E-state index is 12.3. The lowest BCUT2D eigenvalue weighted by Gasteiger charge is -2.12. The number of rotatable bonds is 6. The molecule has 1 atom stereocenters. The Morgan fingerprint density at radius 2 is 2.32 bits per heavy atom. The summed E-state index contributed by atoms with van der Waals surface area (Å²) in [5.41, 5.74) is 5.62. The monoisotopic (exact) mass is 336 g/mol. The van der Waals surface area contributed by atoms with Gasteiger partial charge in [-0.2, -0.15) is 0 Å². The van der Waals surface area contributed by atoms with Gasteiger partial charge < -0.3 is 15.6 Å². The molecule has 2 amide bonds. The second-order valence-corrected chi connectivity index (χ2v) is 7.35. The quantitative estimate of drug-likeness (QED) is 0.793. The van der Waals surface area contributed by atoms with E-state index in [2.05, 4.69) is 14.9 Å². The molecule has 116 valence electrons. The summed E-state index contributed by atoms with van der Waals surface area (Å²) in [6.07, 6.45) is 6.05. The maximum atomic E-state index is 12.3. The summed E-state index contributed by atoms with van der Waals surface area (Å²) in [5.74, 6) is -0.707. The summed E-state index contributed by atoms with van der Waals surface area (Å²) in [6.45, 7) is 1.82. The van der Waals surface area contributed by atoms with Gasteiger partial charge in [0.2, 0.25) is 5.91 Å². The highest BCUT2D eigenvalue weighted by Crippen LogP contribution is 2.38. The standard InChI is InChI=1S/C14H16N4O2S2/c1-8(22-14-16-5-6-18(14)9-2-3-9)12(20)17-13-10(11(15)19)4-7-21-13/h4-9H,2-3H2,1H3,(H2,15,19)(H,17,20)/t8-/m1/s1. The number of amides is 2. The number of thioether (sulfide) groups is 1. The minimum atomic E-state index is -0.541. The number of hydrogen-bond donors (Lipinski definition) is 2. The molecule has 1 fully saturated rings. The molecule has 1 aliphatic carbocycles. The van der Waals surface area contributed by atoms with Crippen molar-refractivity contribution in [3.63, 3.8) is 0 Å². The number of aromatic nitrogens is 2. The maximum Gasteiger partial charge on any atom is 0.251 e. The van der Waals surface area contributed by atoms with Crippen molar-refractivity contribution in [3.05, 3.63) is 29.4 Å². The summed E-state index contributed by atoms with van der Waals surface area (Å²) in [6, 6.07) is 2.14. The fraction of sp³-hybridized carbons (Fsp3) is 0.357. The smallest absolute Gasteiger partial charge is 0.251 e. The molecule has 0 saturated heterocycles. The van der Waals surface area contributed by atoms with Gasteiger partial charge in [0.1, 0.15) is 5.00 Å². The molecule has 0 spiro atoms. The lowest BCUT2D eigenvalue weighted by molar-refractivity contribution is -0.115. The predicted octanol–water partition coefficient (Wildman–Crippen LogP) is 2.50. The molecule has 3 N–H and O–H groups in total. The van der Waals surface area contributed by atoms with Crippen LogP contribution in [0.25, 0.3) is 0 Å². The van der Waals surface area contributed by atoms with Crippen molar-refractivity contribution in [3.8, 4) is 0 Å². The highest BCUT2D eigenvalue weighted by molar-refractivity contribution is 8.00. The van der Waals surface area contributed by atoms with Crippen molar-refractivity contribution in [2.24, 2.45) is 5.73 Å². The van der Waals surface area contributed by atoms with Gasteiger partial charge in [-0.1, -0.05) is 11.8 Å². The molecule has 2 aromatic heterocycles. The molecule has 2 aromatic rings. The molecule has 1 saturated carbocycles. The average Bonchev–Trinajstić information content (AvgIpc) is 3.03. The Hall–Kier alpha value is -1.80. The number of imidazole rings is 1. The Labute approximate surface area is 136 Å². The molecule has 0 aliphatic heterocycles. The first kappa shape index (κ1) is 15.1. The molecule has 6 nitrogen and oxygen atoms in total. The second-order valence-electron chi connectivity index (χ2n) is 5.13. The van der Waals surface area contributed by atoms with E-state index in [0.29, 0.717) is 16.6 Å². The van der Waals surface area contributed by atoms with E-state index in [4.69, 9.17) is 5.73 Å². The van der Waals surface area contributed by atoms with E-state index >= 15 is 0 Å². The first-order valence-electron chi connectivity index (χ1n) is 6.94. The molecule has 2 heterocycles. The Bertz CT molecular complexity index is 705. The van der Waals surface area contributed by atoms with Crippen LogP contribution in [0.15, 0.2) is 29.0 Å². The summed E-state index contributed by atoms with van der Waals surface area (Å²) >= 11 is 2.70. The first-order chi connectivity index (χ1) is 10.6. The topological polar surface area (TPSA) is 90.0 Å². The van der Waals surface area contributed by atoms with Gasteiger partial charge in [-0.05, 0) is 31.2 Å². The third kappa shape index (κ3) is 3.17. The van der Waals surface area contributed by atoms with Crippen molar-refractivity contribution >= 4 is 39.9 Å². The van der Waals surface area contributed by atoms with Crippen molar-refractivity contribution in [1.29, 1.82) is 0 Å². The number of anilines is 1. The summed E-state index contributed by atoms with van der Waals surface area (Å²) in [4.78, 5) is 27.9. The Balaban J connectivity index is 1.65. The van der Waals surface area contributed by atoms with Gasteiger partial charge in [-0.3, -0.25) is 9.59 Å². The Morgan fingerprint density at radius 1 is 1.55 bits per heavy atom. The van der Waals surface area contributed by atoms with Gasteiger partial charge in [0.25, 0.3) is 5.91 Å². The van der Waals surface area contributed by atoms with Crippen LogP contribution < -0.4 is 11.1 Å². The van der Waals surface area contributed by atoms with Crippen LogP contribution in [-0.2, 0) is 4.79 Å². The summed E-state index contributed by atoms with van der Waals surface area (Å²) in [5, 5.41) is 5.53. The highest BCUT2D eigenvalue weighted by Gasteiger charge is 2.27. The minimum absolute atomic E-state index is 0.166. The van der Waals surface area contributed by atoms with E-state index in [-0.39, 0.29) is 11.2 Å². The Morgan fingerprint density at radius 3 is 3.00 bits per heavy atom. The molecule has 22 heavy (non-hydrogen) atoms. The molecular formula is C14H16N4O2S2. The zero-order chi connectivity index (χ0) is 15.7. The van der Waals surface area contributed by atoms with Gasteiger partial charge in [0, 0.05) is 18.4 Å². The van der Waals surface area contributed by atoms with Crippen LogP contribution in [0.1, 0.15) is 36.2 Å². The van der Waals surface area contributed by atoms with Crippen molar-refractivity contribution in [2.75, 3.05) is 5.32 Å². The van der Waals surface area contributed by atoms with Gasteiger partial charge in [0.05, 0.1) is 10.8 Å². The molecule has 0 unspecified atom stereocenters. The number of primary amides is 1. The van der Waals surface area contributed by atoms with E-state index in [0.717, 1.165) is 5.16 Å². The predicted molar refractivity (Wildman–Crippen MR) is 87.3 cm³/mol. The van der Waals surface area contributed by atoms with Crippen LogP contribution in [-0.4, -0.2) is 26.6 Å². The number of hydrogen-bond acceptors (Lipinski definition) is 5. The molecule has 3 rings (SSSR count). The van der Waals surface area contributed by atoms with Crippen LogP contribution in [0.5, 0.6) is 0 Å². The minimum Gasteiger partial charge on any atom is -0.366 e. The zero-order valence-electron chi connectivity index (χ0n) is 12.0. The highest BCUT2D eigenvalue weighted by atomic mass is 32.2. The number of carbonyl (C=O) groups excluding carboxylic acids is 2. The van der Waals surface area contributed by atoms with Gasteiger partial charge in [-0.15, -0.1) is 11.3 Å². The van der Waals surface area contributed by atoms with E-state index in [1.54, 1.807) is 17.6 Å². The number of nitrogens with one attached hydrogen (secondary N) is 1. The number of nitrogens with zero attached hydrogens (tertiary/aromatic N) is 2. The number of carbonyl (C=O) groups is 2. The van der Waals surface area contributed by atoms with Crippen molar-refractivity contribution in [1.82, 2.24) is 9.55 Å².